The van der Waals surface area contributed by atoms with E-state index >= 15 is 0 Å². The molecule has 4 nitrogen and oxygen atoms in total. The highest BCUT2D eigenvalue weighted by molar-refractivity contribution is 6.53. The maximum absolute atomic E-state index is 14.4. The molecule has 1 amide bonds. The first-order valence-corrected chi connectivity index (χ1v) is 11.7. The molecule has 1 N–H and O–H groups in total. The van der Waals surface area contributed by atoms with Crippen LogP contribution in [0.5, 0.6) is 0 Å². The number of Topliss-reactive ketones (excluding diaryl/α,β-unsaturated/α-hetero) is 1. The number of nitrogens with one attached hydrogen (secondary N) is 1. The highest BCUT2D eigenvalue weighted by Crippen LogP contribution is 2.65. The van der Waals surface area contributed by atoms with Crippen LogP contribution in [0.1, 0.15) is 33.0 Å². The quantitative estimate of drug-likeness (QED) is 0.261. The lowest BCUT2D eigenvalue weighted by atomic mass is 10.0. The Balaban J connectivity index is 1.51. The van der Waals surface area contributed by atoms with Crippen molar-refractivity contribution in [2.45, 2.75) is 16.7 Å². The highest BCUT2D eigenvalue weighted by atomic mass is 35.5. The summed E-state index contributed by atoms with van der Waals surface area (Å²) < 4.78 is 27.1. The molecule has 0 spiro atoms. The van der Waals surface area contributed by atoms with E-state index in [0.29, 0.717) is 15.6 Å². The molecule has 1 saturated carbocycles. The molecule has 1 fully saturated rings. The molecule has 2 atom stereocenters. The van der Waals surface area contributed by atoms with Gasteiger partial charge in [-0.05, 0) is 59.7 Å². The Kier molecular flexibility index (Phi) is 7.08. The lowest BCUT2D eigenvalue weighted by molar-refractivity contribution is -0.117. The van der Waals surface area contributed by atoms with Crippen molar-refractivity contribution in [3.05, 3.63) is 98.5 Å². The fourth-order valence-electron chi connectivity index (χ4n) is 3.89. The van der Waals surface area contributed by atoms with Crippen molar-refractivity contribution >= 4 is 63.8 Å². The minimum absolute atomic E-state index is 0.0120. The largest absolute Gasteiger partial charge is 0.326 e. The minimum Gasteiger partial charge on any atom is -0.326 e. The zero-order valence-electron chi connectivity index (χ0n) is 17.6. The molecular weight excluding hydrogens is 540 g/mol. The summed E-state index contributed by atoms with van der Waals surface area (Å²) >= 11 is 24.8. The number of rotatable bonds is 6. The smallest absolute Gasteiger partial charge is 0.231 e. The molecule has 0 radical (unpaired) electrons. The van der Waals surface area contributed by atoms with Gasteiger partial charge in [-0.15, -0.1) is 23.2 Å². The maximum atomic E-state index is 14.4. The zero-order chi connectivity index (χ0) is 25.5. The molecule has 35 heavy (non-hydrogen) atoms. The average Bonchev–Trinajstić information content (AvgIpc) is 3.37. The van der Waals surface area contributed by atoms with Gasteiger partial charge in [-0.25, -0.2) is 8.78 Å². The predicted molar refractivity (Wildman–Crippen MR) is 131 cm³/mol. The van der Waals surface area contributed by atoms with E-state index in [-0.39, 0.29) is 22.4 Å². The van der Waals surface area contributed by atoms with Gasteiger partial charge in [0, 0.05) is 28.1 Å². The molecule has 0 aliphatic heterocycles. The number of alkyl halides is 2. The van der Waals surface area contributed by atoms with Crippen LogP contribution in [-0.2, 0) is 11.2 Å². The Morgan fingerprint density at radius 3 is 2.29 bits per heavy atom. The molecule has 1 aliphatic rings. The monoisotopic (exact) mass is 552 g/mol. The summed E-state index contributed by atoms with van der Waals surface area (Å²) in [7, 11) is 0. The Morgan fingerprint density at radius 1 is 0.971 bits per heavy atom. The number of amides is 1. The standard InChI is InChI=1S/C25H14Cl4F2N2O2/c26-15-6-14(7-16(27)9-15)22-23(25(22,28)29)24(35)33-17-3-4-19(30)18(10-17)21(34)8-13-2-1-12(11-32)5-20(13)31/h1-7,9-10,22-23H,8H2,(H,33,35). The van der Waals surface area contributed by atoms with Crippen LogP contribution in [0.3, 0.4) is 0 Å². The number of carbonyl (C=O) groups is 2. The number of nitrogens with zero attached hydrogens (tertiary/aromatic N) is 1. The fourth-order valence-corrected chi connectivity index (χ4v) is 5.26. The maximum Gasteiger partial charge on any atom is 0.231 e. The third-order valence-electron chi connectivity index (χ3n) is 5.65. The van der Waals surface area contributed by atoms with Crippen molar-refractivity contribution < 1.29 is 18.4 Å². The predicted octanol–water partition coefficient (Wildman–Crippen LogP) is 7.09. The van der Waals surface area contributed by atoms with E-state index in [1.807, 2.05) is 0 Å². The van der Waals surface area contributed by atoms with Gasteiger partial charge in [-0.2, -0.15) is 5.26 Å². The van der Waals surface area contributed by atoms with Crippen molar-refractivity contribution in [1.29, 1.82) is 5.26 Å². The van der Waals surface area contributed by atoms with E-state index in [9.17, 15) is 18.4 Å². The Labute approximate surface area is 219 Å². The summed E-state index contributed by atoms with van der Waals surface area (Å²) in [6, 6.07) is 13.7. The molecule has 0 saturated heterocycles. The van der Waals surface area contributed by atoms with Crippen LogP contribution in [0.25, 0.3) is 0 Å². The lowest BCUT2D eigenvalue weighted by Crippen LogP contribution is -2.18. The molecule has 2 unspecified atom stereocenters. The molecule has 10 heteroatoms. The van der Waals surface area contributed by atoms with Crippen LogP contribution in [0.2, 0.25) is 10.0 Å². The van der Waals surface area contributed by atoms with Gasteiger partial charge in [0.2, 0.25) is 5.91 Å². The highest BCUT2D eigenvalue weighted by Gasteiger charge is 2.67. The number of benzene rings is 3. The number of ketones is 1. The van der Waals surface area contributed by atoms with E-state index in [4.69, 9.17) is 51.7 Å². The van der Waals surface area contributed by atoms with Gasteiger partial charge in [0.05, 0.1) is 23.1 Å². The zero-order valence-corrected chi connectivity index (χ0v) is 20.6. The third kappa shape index (κ3) is 5.29. The SMILES string of the molecule is N#Cc1ccc(CC(=O)c2cc(NC(=O)C3C(c4cc(Cl)cc(Cl)c4)C3(Cl)Cl)ccc2F)c(F)c1. The van der Waals surface area contributed by atoms with Crippen LogP contribution in [0.15, 0.2) is 54.6 Å². The second-order valence-corrected chi connectivity index (χ2v) is 10.4. The van der Waals surface area contributed by atoms with Gasteiger partial charge in [0.1, 0.15) is 16.0 Å². The Bertz CT molecular complexity index is 1380. The van der Waals surface area contributed by atoms with Gasteiger partial charge < -0.3 is 5.32 Å². The second kappa shape index (κ2) is 9.75. The molecule has 178 valence electrons. The molecular formula is C25H14Cl4F2N2O2. The first-order chi connectivity index (χ1) is 16.5. The molecule has 4 rings (SSSR count). The van der Waals surface area contributed by atoms with Crippen molar-refractivity contribution in [3.63, 3.8) is 0 Å². The van der Waals surface area contributed by atoms with Gasteiger partial charge in [-0.3, -0.25) is 9.59 Å². The second-order valence-electron chi connectivity index (χ2n) is 8.03. The number of nitriles is 1. The summed E-state index contributed by atoms with van der Waals surface area (Å²) in [4.78, 5) is 25.6. The molecule has 1 aliphatic carbocycles. The van der Waals surface area contributed by atoms with Crippen LogP contribution < -0.4 is 5.32 Å². The molecule has 3 aromatic carbocycles. The average molecular weight is 554 g/mol. The van der Waals surface area contributed by atoms with Crippen molar-refractivity contribution in [2.24, 2.45) is 5.92 Å². The Hall–Kier alpha value is -2.69. The van der Waals surface area contributed by atoms with E-state index in [2.05, 4.69) is 5.32 Å². The molecule has 0 bridgehead atoms. The van der Waals surface area contributed by atoms with Crippen molar-refractivity contribution in [2.75, 3.05) is 5.32 Å². The summed E-state index contributed by atoms with van der Waals surface area (Å²) in [6.07, 6.45) is -0.432. The summed E-state index contributed by atoms with van der Waals surface area (Å²) in [5, 5.41) is 12.2. The molecule has 0 aromatic heterocycles. The van der Waals surface area contributed by atoms with Gasteiger partial charge in [0.25, 0.3) is 0 Å². The number of carbonyl (C=O) groups excluding carboxylic acids is 2. The Morgan fingerprint density at radius 2 is 1.66 bits per heavy atom. The number of halogens is 6. The first-order valence-electron chi connectivity index (χ1n) is 10.2. The van der Waals surface area contributed by atoms with E-state index in [1.54, 1.807) is 18.2 Å². The lowest BCUT2D eigenvalue weighted by Gasteiger charge is -2.09. The minimum atomic E-state index is -1.41. The van der Waals surface area contributed by atoms with Crippen molar-refractivity contribution in [1.82, 2.24) is 0 Å². The number of hydrogen-bond acceptors (Lipinski definition) is 3. The fraction of sp³-hybridized carbons (Fsp3) is 0.160. The van der Waals surface area contributed by atoms with Crippen LogP contribution in [0, 0.1) is 28.9 Å². The van der Waals surface area contributed by atoms with Crippen LogP contribution in [-0.4, -0.2) is 16.0 Å². The van der Waals surface area contributed by atoms with Crippen LogP contribution in [0.4, 0.5) is 14.5 Å². The van der Waals surface area contributed by atoms with E-state index in [1.165, 1.54) is 24.3 Å². The number of hydrogen-bond donors (Lipinski definition) is 1. The summed E-state index contributed by atoms with van der Waals surface area (Å²) in [5.41, 5.74) is 0.509. The van der Waals surface area contributed by atoms with E-state index < -0.39 is 45.9 Å². The molecule has 0 heterocycles. The summed E-state index contributed by atoms with van der Waals surface area (Å²) in [6.45, 7) is 0. The van der Waals surface area contributed by atoms with E-state index in [0.717, 1.165) is 18.2 Å². The number of anilines is 1. The normalized spacial score (nSPS) is 18.0. The molecule has 3 aromatic rings. The topological polar surface area (TPSA) is 70.0 Å². The van der Waals surface area contributed by atoms with Crippen LogP contribution >= 0.6 is 46.4 Å². The third-order valence-corrected chi connectivity index (χ3v) is 7.02. The summed E-state index contributed by atoms with van der Waals surface area (Å²) in [5.74, 6) is -4.25. The van der Waals surface area contributed by atoms with Crippen molar-refractivity contribution in [3.8, 4) is 6.07 Å². The first kappa shape index (κ1) is 25.4. The van der Waals surface area contributed by atoms with Gasteiger partial charge in [-0.1, -0.05) is 29.3 Å². The van der Waals surface area contributed by atoms with Gasteiger partial charge in [0.15, 0.2) is 5.78 Å². The van der Waals surface area contributed by atoms with Gasteiger partial charge >= 0.3 is 0 Å².